The van der Waals surface area contributed by atoms with Crippen LogP contribution in [0.25, 0.3) is 0 Å². The Hall–Kier alpha value is 0. The Morgan fingerprint density at radius 3 is 2.12 bits per heavy atom. The molecule has 2 aliphatic rings. The van der Waals surface area contributed by atoms with E-state index in [1.807, 2.05) is 0 Å². The molecule has 0 aliphatic heterocycles. The first-order valence-electron chi connectivity index (χ1n) is 5.18. The standard InChI is InChI=1S/C10H16F3NO.ClH/c1-15-9(10(11,12)13)5-8(6-9)2-7(3-8)4-14;/h7H,2-6,14H2,1H3;1H. The quantitative estimate of drug-likeness (QED) is 0.827. The van der Waals surface area contributed by atoms with E-state index in [2.05, 4.69) is 4.74 Å². The van der Waals surface area contributed by atoms with Gasteiger partial charge in [0.25, 0.3) is 0 Å². The maximum Gasteiger partial charge on any atom is 0.417 e. The van der Waals surface area contributed by atoms with E-state index in [0.717, 1.165) is 20.0 Å². The molecular weight excluding hydrogens is 243 g/mol. The Morgan fingerprint density at radius 1 is 1.31 bits per heavy atom. The highest BCUT2D eigenvalue weighted by Gasteiger charge is 2.70. The lowest BCUT2D eigenvalue weighted by atomic mass is 9.46. The highest BCUT2D eigenvalue weighted by molar-refractivity contribution is 5.85. The molecule has 2 rings (SSSR count). The van der Waals surface area contributed by atoms with Crippen molar-refractivity contribution in [2.75, 3.05) is 13.7 Å². The summed E-state index contributed by atoms with van der Waals surface area (Å²) in [5, 5.41) is 0. The van der Waals surface area contributed by atoms with Gasteiger partial charge in [-0.25, -0.2) is 0 Å². The van der Waals surface area contributed by atoms with Gasteiger partial charge in [-0.3, -0.25) is 0 Å². The van der Waals surface area contributed by atoms with Crippen LogP contribution in [0, 0.1) is 11.3 Å². The molecule has 0 radical (unpaired) electrons. The van der Waals surface area contributed by atoms with Gasteiger partial charge in [-0.05, 0) is 43.6 Å². The van der Waals surface area contributed by atoms with Crippen LogP contribution in [-0.4, -0.2) is 25.4 Å². The van der Waals surface area contributed by atoms with Crippen LogP contribution in [-0.2, 0) is 4.74 Å². The predicted octanol–water partition coefficient (Wildman–Crippen LogP) is 2.50. The Bertz CT molecular complexity index is 255. The van der Waals surface area contributed by atoms with E-state index in [9.17, 15) is 13.2 Å². The van der Waals surface area contributed by atoms with Crippen molar-refractivity contribution in [3.63, 3.8) is 0 Å². The van der Waals surface area contributed by atoms with Crippen molar-refractivity contribution in [1.29, 1.82) is 0 Å². The molecule has 0 bridgehead atoms. The molecule has 2 nitrogen and oxygen atoms in total. The fraction of sp³-hybridized carbons (Fsp3) is 1.00. The van der Waals surface area contributed by atoms with Gasteiger partial charge >= 0.3 is 6.18 Å². The molecular formula is C10H17ClF3NO. The fourth-order valence-electron chi connectivity index (χ4n) is 3.24. The number of alkyl halides is 3. The van der Waals surface area contributed by atoms with E-state index in [1.54, 1.807) is 0 Å². The molecule has 1 spiro atoms. The lowest BCUT2D eigenvalue weighted by Crippen LogP contribution is -2.65. The summed E-state index contributed by atoms with van der Waals surface area (Å²) in [6, 6.07) is 0. The van der Waals surface area contributed by atoms with Crippen LogP contribution in [0.3, 0.4) is 0 Å². The minimum Gasteiger partial charge on any atom is -0.369 e. The van der Waals surface area contributed by atoms with Gasteiger partial charge in [0.1, 0.15) is 0 Å². The summed E-state index contributed by atoms with van der Waals surface area (Å²) in [7, 11) is 1.15. The van der Waals surface area contributed by atoms with E-state index >= 15 is 0 Å². The maximum absolute atomic E-state index is 12.7. The second kappa shape index (κ2) is 4.03. The number of hydrogen-bond acceptors (Lipinski definition) is 2. The maximum atomic E-state index is 12.7. The average Bonchev–Trinajstić information content (AvgIpc) is 1.98. The molecule has 0 heterocycles. The van der Waals surface area contributed by atoms with Gasteiger partial charge in [0.2, 0.25) is 0 Å². The van der Waals surface area contributed by atoms with Crippen LogP contribution in [0.5, 0.6) is 0 Å². The van der Waals surface area contributed by atoms with E-state index in [1.165, 1.54) is 0 Å². The highest BCUT2D eigenvalue weighted by atomic mass is 35.5. The number of halogens is 4. The van der Waals surface area contributed by atoms with Crippen molar-refractivity contribution in [3.8, 4) is 0 Å². The monoisotopic (exact) mass is 259 g/mol. The molecule has 0 aromatic rings. The van der Waals surface area contributed by atoms with Crippen molar-refractivity contribution in [2.24, 2.45) is 17.1 Å². The number of ether oxygens (including phenoxy) is 1. The van der Waals surface area contributed by atoms with Gasteiger partial charge < -0.3 is 10.5 Å². The van der Waals surface area contributed by atoms with Gasteiger partial charge in [0.05, 0.1) is 0 Å². The first-order chi connectivity index (χ1) is 6.86. The lowest BCUT2D eigenvalue weighted by Gasteiger charge is -2.62. The fourth-order valence-corrected chi connectivity index (χ4v) is 3.24. The van der Waals surface area contributed by atoms with Crippen molar-refractivity contribution < 1.29 is 17.9 Å². The molecule has 2 N–H and O–H groups in total. The molecule has 0 atom stereocenters. The van der Waals surface area contributed by atoms with Crippen molar-refractivity contribution >= 4 is 12.4 Å². The van der Waals surface area contributed by atoms with Crippen LogP contribution in [0.15, 0.2) is 0 Å². The summed E-state index contributed by atoms with van der Waals surface area (Å²) in [4.78, 5) is 0. The summed E-state index contributed by atoms with van der Waals surface area (Å²) in [6.45, 7) is 0.591. The van der Waals surface area contributed by atoms with Crippen LogP contribution in [0.1, 0.15) is 25.7 Å². The van der Waals surface area contributed by atoms with Crippen LogP contribution in [0.2, 0.25) is 0 Å². The minimum absolute atomic E-state index is 0. The van der Waals surface area contributed by atoms with Gasteiger partial charge in [-0.2, -0.15) is 13.2 Å². The van der Waals surface area contributed by atoms with E-state index < -0.39 is 11.8 Å². The van der Waals surface area contributed by atoms with Gasteiger partial charge in [0, 0.05) is 7.11 Å². The second-order valence-electron chi connectivity index (χ2n) is 5.06. The molecule has 0 aromatic carbocycles. The third-order valence-corrected chi connectivity index (χ3v) is 4.01. The normalized spacial score (nSPS) is 42.2. The molecule has 2 aliphatic carbocycles. The van der Waals surface area contributed by atoms with Crippen molar-refractivity contribution in [1.82, 2.24) is 0 Å². The van der Waals surface area contributed by atoms with Crippen LogP contribution >= 0.6 is 12.4 Å². The zero-order valence-corrected chi connectivity index (χ0v) is 9.96. The summed E-state index contributed by atoms with van der Waals surface area (Å²) < 4.78 is 42.8. The summed E-state index contributed by atoms with van der Waals surface area (Å²) in [5.74, 6) is 0.424. The molecule has 0 aromatic heterocycles. The van der Waals surface area contributed by atoms with Crippen LogP contribution < -0.4 is 5.73 Å². The molecule has 6 heteroatoms. The Kier molecular flexibility index (Phi) is 3.54. The molecule has 2 saturated carbocycles. The molecule has 0 amide bonds. The largest absolute Gasteiger partial charge is 0.417 e. The SMILES string of the molecule is COC1(C(F)(F)F)CC2(CC(CN)C2)C1.Cl. The van der Waals surface area contributed by atoms with E-state index in [4.69, 9.17) is 5.73 Å². The number of methoxy groups -OCH3 is 1. The second-order valence-corrected chi connectivity index (χ2v) is 5.06. The minimum atomic E-state index is -4.24. The van der Waals surface area contributed by atoms with Crippen LogP contribution in [0.4, 0.5) is 13.2 Å². The highest BCUT2D eigenvalue weighted by Crippen LogP contribution is 2.67. The lowest BCUT2D eigenvalue weighted by molar-refractivity contribution is -0.339. The summed E-state index contributed by atoms with van der Waals surface area (Å²) in [6.07, 6.45) is -2.32. The first-order valence-corrected chi connectivity index (χ1v) is 5.18. The molecule has 0 saturated heterocycles. The average molecular weight is 260 g/mol. The molecule has 0 unspecified atom stereocenters. The zero-order valence-electron chi connectivity index (χ0n) is 9.14. The van der Waals surface area contributed by atoms with Gasteiger partial charge in [0.15, 0.2) is 5.60 Å². The Balaban J connectivity index is 0.00000128. The molecule has 96 valence electrons. The van der Waals surface area contributed by atoms with Gasteiger partial charge in [-0.15, -0.1) is 12.4 Å². The van der Waals surface area contributed by atoms with E-state index in [-0.39, 0.29) is 30.7 Å². The van der Waals surface area contributed by atoms with Crippen molar-refractivity contribution in [3.05, 3.63) is 0 Å². The predicted molar refractivity (Wildman–Crippen MR) is 56.5 cm³/mol. The smallest absolute Gasteiger partial charge is 0.369 e. The summed E-state index contributed by atoms with van der Waals surface area (Å²) in [5.41, 5.74) is 3.48. The number of nitrogens with two attached hydrogens (primary N) is 1. The Labute approximate surface area is 99.1 Å². The number of hydrogen-bond donors (Lipinski definition) is 1. The third-order valence-electron chi connectivity index (χ3n) is 4.01. The third kappa shape index (κ3) is 1.83. The van der Waals surface area contributed by atoms with E-state index in [0.29, 0.717) is 12.5 Å². The number of rotatable bonds is 2. The zero-order chi connectivity index (χ0) is 11.3. The summed E-state index contributed by atoms with van der Waals surface area (Å²) >= 11 is 0. The van der Waals surface area contributed by atoms with Gasteiger partial charge in [-0.1, -0.05) is 0 Å². The molecule has 16 heavy (non-hydrogen) atoms. The van der Waals surface area contributed by atoms with Crippen molar-refractivity contribution in [2.45, 2.75) is 37.5 Å². The Morgan fingerprint density at radius 2 is 1.81 bits per heavy atom. The topological polar surface area (TPSA) is 35.2 Å². The first kappa shape index (κ1) is 14.1. The molecule has 2 fully saturated rings.